The Balaban J connectivity index is 3.24. The van der Waals surface area contributed by atoms with E-state index < -0.39 is 12.4 Å². The number of carboxylic acids is 1. The lowest BCUT2D eigenvalue weighted by Crippen LogP contribution is -2.08. The Labute approximate surface area is 113 Å². The van der Waals surface area contributed by atoms with Crippen LogP contribution in [0.15, 0.2) is 6.07 Å². The first-order valence-electron chi connectivity index (χ1n) is 4.19. The fourth-order valence-corrected chi connectivity index (χ4v) is 2.76. The Morgan fingerprint density at radius 1 is 1.62 bits per heavy atom. The topological polar surface area (TPSA) is 50.2 Å². The molecule has 0 bridgehead atoms. The maximum Gasteiger partial charge on any atom is 0.309 e. The Morgan fingerprint density at radius 3 is 2.69 bits per heavy atom. The second kappa shape index (κ2) is 5.85. The largest absolute Gasteiger partial charge is 0.481 e. The molecule has 0 atom stereocenters. The summed E-state index contributed by atoms with van der Waals surface area (Å²) in [6, 6.07) is 1.28. The van der Waals surface area contributed by atoms with E-state index in [0.717, 1.165) is 0 Å². The van der Waals surface area contributed by atoms with Crippen LogP contribution in [0, 0.1) is 3.57 Å². The molecule has 0 aliphatic heterocycles. The van der Waals surface area contributed by atoms with Gasteiger partial charge in [-0.2, -0.15) is 0 Å². The number of rotatable bonds is 4. The number of hydrogen-bond donors (Lipinski definition) is 1. The van der Waals surface area contributed by atoms with E-state index in [1.165, 1.54) is 6.07 Å². The molecule has 0 amide bonds. The fourth-order valence-electron chi connectivity index (χ4n) is 1.13. The minimum absolute atomic E-state index is 0.181. The van der Waals surface area contributed by atoms with Crippen LogP contribution in [0.1, 0.15) is 23.4 Å². The van der Waals surface area contributed by atoms with E-state index in [4.69, 9.17) is 5.11 Å². The summed E-state index contributed by atoms with van der Waals surface area (Å²) in [7, 11) is 0. The number of aromatic nitrogens is 1. The van der Waals surface area contributed by atoms with Crippen molar-refractivity contribution in [2.45, 2.75) is 18.2 Å². The molecule has 7 heteroatoms. The van der Waals surface area contributed by atoms with Crippen LogP contribution in [0.3, 0.4) is 0 Å². The van der Waals surface area contributed by atoms with E-state index in [2.05, 4.69) is 20.9 Å². The molecule has 0 fully saturated rings. The quantitative estimate of drug-likeness (QED) is 0.618. The van der Waals surface area contributed by atoms with Gasteiger partial charge >= 0.3 is 5.97 Å². The van der Waals surface area contributed by atoms with Crippen LogP contribution in [0.25, 0.3) is 0 Å². The summed E-state index contributed by atoms with van der Waals surface area (Å²) in [5, 5.41) is 9.03. The van der Waals surface area contributed by atoms with E-state index in [1.54, 1.807) is 0 Å². The van der Waals surface area contributed by atoms with Crippen LogP contribution < -0.4 is 0 Å². The Hall–Kier alpha value is -0.310. The standard InChI is InChI=1S/C9H7BrF2INO2/c10-3-4-1-6(9(11)12)14-5(8(4)13)2-7(15)16/h1,9H,2-3H2,(H,15,16). The Bertz CT molecular complexity index is 415. The van der Waals surface area contributed by atoms with Crippen LogP contribution in [-0.4, -0.2) is 16.1 Å². The van der Waals surface area contributed by atoms with Gasteiger partial charge in [-0.05, 0) is 34.2 Å². The molecule has 1 rings (SSSR count). The Kier molecular flexibility index (Phi) is 5.03. The van der Waals surface area contributed by atoms with Crippen molar-refractivity contribution in [3.8, 4) is 0 Å². The highest BCUT2D eigenvalue weighted by Crippen LogP contribution is 2.25. The molecule has 0 aliphatic carbocycles. The molecule has 1 N–H and O–H groups in total. The number of alkyl halides is 3. The SMILES string of the molecule is O=C(O)Cc1nc(C(F)F)cc(CBr)c1I. The van der Waals surface area contributed by atoms with Gasteiger partial charge in [-0.3, -0.25) is 9.78 Å². The minimum Gasteiger partial charge on any atom is -0.481 e. The number of pyridine rings is 1. The molecular weight excluding hydrogens is 399 g/mol. The van der Waals surface area contributed by atoms with Crippen molar-refractivity contribution in [2.75, 3.05) is 0 Å². The molecule has 0 radical (unpaired) electrons. The zero-order valence-corrected chi connectivity index (χ0v) is 11.6. The molecule has 0 saturated heterocycles. The minimum atomic E-state index is -2.69. The van der Waals surface area contributed by atoms with Crippen LogP contribution in [-0.2, 0) is 16.5 Å². The molecule has 0 spiro atoms. The first kappa shape index (κ1) is 13.8. The highest BCUT2D eigenvalue weighted by atomic mass is 127. The summed E-state index contributed by atoms with van der Waals surface area (Å²) in [6.45, 7) is 0. The summed E-state index contributed by atoms with van der Waals surface area (Å²) in [4.78, 5) is 14.2. The Morgan fingerprint density at radius 2 is 2.25 bits per heavy atom. The molecule has 1 aromatic rings. The zero-order chi connectivity index (χ0) is 12.3. The number of halogens is 4. The molecule has 0 unspecified atom stereocenters. The predicted octanol–water partition coefficient (Wildman–Crippen LogP) is 3.15. The third kappa shape index (κ3) is 3.34. The van der Waals surface area contributed by atoms with Crippen molar-refractivity contribution in [3.63, 3.8) is 0 Å². The van der Waals surface area contributed by atoms with Crippen LogP contribution in [0.5, 0.6) is 0 Å². The molecule has 16 heavy (non-hydrogen) atoms. The van der Waals surface area contributed by atoms with E-state index in [9.17, 15) is 13.6 Å². The number of carbonyl (C=O) groups is 1. The number of aliphatic carboxylic acids is 1. The van der Waals surface area contributed by atoms with Gasteiger partial charge < -0.3 is 5.11 Å². The van der Waals surface area contributed by atoms with E-state index in [0.29, 0.717) is 14.5 Å². The van der Waals surface area contributed by atoms with Gasteiger partial charge in [0.1, 0.15) is 5.69 Å². The van der Waals surface area contributed by atoms with E-state index in [-0.39, 0.29) is 17.8 Å². The molecule has 88 valence electrons. The fraction of sp³-hybridized carbons (Fsp3) is 0.333. The maximum absolute atomic E-state index is 12.5. The van der Waals surface area contributed by atoms with Crippen molar-refractivity contribution in [2.24, 2.45) is 0 Å². The number of hydrogen-bond acceptors (Lipinski definition) is 2. The lowest BCUT2D eigenvalue weighted by atomic mass is 10.2. The van der Waals surface area contributed by atoms with Crippen molar-refractivity contribution in [1.29, 1.82) is 0 Å². The van der Waals surface area contributed by atoms with Crippen molar-refractivity contribution in [3.05, 3.63) is 26.6 Å². The van der Waals surface area contributed by atoms with Crippen molar-refractivity contribution < 1.29 is 18.7 Å². The summed E-state index contributed by atoms with van der Waals surface area (Å²) in [5.74, 6) is -1.09. The molecule has 1 heterocycles. The summed E-state index contributed by atoms with van der Waals surface area (Å²) >= 11 is 5.08. The summed E-state index contributed by atoms with van der Waals surface area (Å²) < 4.78 is 25.6. The zero-order valence-electron chi connectivity index (χ0n) is 7.88. The van der Waals surface area contributed by atoms with Gasteiger partial charge in [-0.15, -0.1) is 0 Å². The molecule has 0 aliphatic rings. The molecule has 1 aromatic heterocycles. The van der Waals surface area contributed by atoms with Gasteiger partial charge in [0, 0.05) is 8.90 Å². The second-order valence-corrected chi connectivity index (χ2v) is 4.61. The molecular formula is C9H7BrF2INO2. The van der Waals surface area contributed by atoms with Crippen LogP contribution in [0.2, 0.25) is 0 Å². The second-order valence-electron chi connectivity index (χ2n) is 2.97. The number of carboxylic acid groups (broad SMARTS) is 1. The highest BCUT2D eigenvalue weighted by Gasteiger charge is 2.17. The number of nitrogens with zero attached hydrogens (tertiary/aromatic N) is 1. The van der Waals surface area contributed by atoms with Gasteiger partial charge in [-0.1, -0.05) is 15.9 Å². The van der Waals surface area contributed by atoms with Gasteiger partial charge in [0.25, 0.3) is 6.43 Å². The van der Waals surface area contributed by atoms with Crippen molar-refractivity contribution >= 4 is 44.5 Å². The summed E-state index contributed by atoms with van der Waals surface area (Å²) in [5.41, 5.74) is 0.425. The monoisotopic (exact) mass is 405 g/mol. The van der Waals surface area contributed by atoms with Gasteiger partial charge in [-0.25, -0.2) is 8.78 Å². The van der Waals surface area contributed by atoms with E-state index >= 15 is 0 Å². The summed E-state index contributed by atoms with van der Waals surface area (Å²) in [6.07, 6.45) is -3.04. The highest BCUT2D eigenvalue weighted by molar-refractivity contribution is 14.1. The van der Waals surface area contributed by atoms with Crippen molar-refractivity contribution in [1.82, 2.24) is 4.98 Å². The molecule has 3 nitrogen and oxygen atoms in total. The first-order valence-corrected chi connectivity index (χ1v) is 6.39. The maximum atomic E-state index is 12.5. The third-order valence-corrected chi connectivity index (χ3v) is 3.73. The van der Waals surface area contributed by atoms with Crippen LogP contribution >= 0.6 is 38.5 Å². The smallest absolute Gasteiger partial charge is 0.309 e. The van der Waals surface area contributed by atoms with Gasteiger partial charge in [0.2, 0.25) is 0 Å². The van der Waals surface area contributed by atoms with Gasteiger partial charge in [0.15, 0.2) is 0 Å². The lowest BCUT2D eigenvalue weighted by Gasteiger charge is -2.09. The first-order chi connectivity index (χ1) is 7.45. The third-order valence-electron chi connectivity index (χ3n) is 1.81. The van der Waals surface area contributed by atoms with E-state index in [1.807, 2.05) is 22.6 Å². The van der Waals surface area contributed by atoms with Gasteiger partial charge in [0.05, 0.1) is 12.1 Å². The lowest BCUT2D eigenvalue weighted by molar-refractivity contribution is -0.136. The molecule has 0 saturated carbocycles. The average Bonchev–Trinajstić information content (AvgIpc) is 2.20. The average molecular weight is 406 g/mol. The molecule has 0 aromatic carbocycles. The van der Waals surface area contributed by atoms with Crippen LogP contribution in [0.4, 0.5) is 8.78 Å². The normalized spacial score (nSPS) is 10.8. The predicted molar refractivity (Wildman–Crippen MR) is 65.9 cm³/mol.